The van der Waals surface area contributed by atoms with Gasteiger partial charge in [0.15, 0.2) is 5.82 Å². The number of anilines is 2. The second kappa shape index (κ2) is 25.0. The minimum absolute atomic E-state index is 0.0194. The van der Waals surface area contributed by atoms with Gasteiger partial charge in [-0.05, 0) is 60.4 Å². The number of H-pyrrole nitrogens is 1. The Balaban J connectivity index is 0.730. The smallest absolute Gasteiger partial charge is 0.306 e. The molecule has 0 unspecified atom stereocenters. The largest absolute Gasteiger partial charge is 0.481 e. The third-order valence-electron chi connectivity index (χ3n) is 15.7. The number of aliphatic carboxylic acids is 1. The molecule has 10 rings (SSSR count). The fraction of sp³-hybridized carbons (Fsp3) is 0.407. The Labute approximate surface area is 492 Å². The van der Waals surface area contributed by atoms with E-state index in [1.165, 1.54) is 22.4 Å². The zero-order valence-electron chi connectivity index (χ0n) is 47.1. The van der Waals surface area contributed by atoms with Gasteiger partial charge in [-0.15, -0.1) is 11.3 Å². The number of nitrogens with one attached hydrogen (secondary N) is 3. The van der Waals surface area contributed by atoms with Crippen LogP contribution in [0.1, 0.15) is 73.6 Å². The monoisotopic (exact) mass is 1210 g/mol. The van der Waals surface area contributed by atoms with Gasteiger partial charge in [-0.25, -0.2) is 28.1 Å². The maximum absolute atomic E-state index is 15.9. The summed E-state index contributed by atoms with van der Waals surface area (Å²) in [6.07, 6.45) is -0.273. The molecule has 3 aromatic heterocycles. The Morgan fingerprint density at radius 2 is 1.60 bits per heavy atom. The SMILES string of the molecule is Cc1ncsc1-c1ccc(CNC(=O)[C@@H]2C[C@@H](OC(=O)CCC(=O)O)CN2C(=O)C(=NC(=O)CN2CC(N3CCN(c4ccc(-c5cnc6[nH]cc(C(=O)c7c(F)ccc(NS(=O)(=O)N8CC[C@@H](F)C8)c7F)c6c5)cc4)CC3)C2)C(C)(C)C)cc1. The number of amides is 3. The van der Waals surface area contributed by atoms with Crippen LogP contribution in [0.15, 0.2) is 89.6 Å². The summed E-state index contributed by atoms with van der Waals surface area (Å²) in [4.78, 5) is 105. The number of benzene rings is 3. The molecule has 4 aliphatic rings. The highest BCUT2D eigenvalue weighted by Gasteiger charge is 2.45. The number of ketones is 1. The van der Waals surface area contributed by atoms with Gasteiger partial charge in [0.1, 0.15) is 35.5 Å². The molecule has 21 nitrogen and oxygen atoms in total. The van der Waals surface area contributed by atoms with Gasteiger partial charge in [0.2, 0.25) is 11.7 Å². The van der Waals surface area contributed by atoms with Gasteiger partial charge in [0.25, 0.3) is 11.8 Å². The predicted molar refractivity (Wildman–Crippen MR) is 312 cm³/mol. The Hall–Kier alpha value is -7.91. The average molecular weight is 1210 g/mol. The summed E-state index contributed by atoms with van der Waals surface area (Å²) in [5, 5.41) is 12.3. The molecule has 0 radical (unpaired) electrons. The summed E-state index contributed by atoms with van der Waals surface area (Å²) in [6, 6.07) is 17.9. The van der Waals surface area contributed by atoms with Crippen molar-refractivity contribution in [2.45, 2.75) is 84.3 Å². The van der Waals surface area contributed by atoms with Crippen LogP contribution in [0.3, 0.4) is 0 Å². The number of thiazole rings is 1. The van der Waals surface area contributed by atoms with Gasteiger partial charge >= 0.3 is 22.1 Å². The molecule has 6 aromatic rings. The Bertz CT molecular complexity index is 3690. The lowest BCUT2D eigenvalue weighted by molar-refractivity contribution is -0.151. The van der Waals surface area contributed by atoms with Crippen molar-refractivity contribution in [2.75, 3.05) is 75.1 Å². The van der Waals surface area contributed by atoms with E-state index in [4.69, 9.17) is 9.84 Å². The summed E-state index contributed by atoms with van der Waals surface area (Å²) in [6.45, 7) is 10.8. The van der Waals surface area contributed by atoms with E-state index in [2.05, 4.69) is 35.1 Å². The maximum atomic E-state index is 15.9. The summed E-state index contributed by atoms with van der Waals surface area (Å²) in [7, 11) is -4.39. The number of fused-ring (bicyclic) bond motifs is 1. The lowest BCUT2D eigenvalue weighted by atomic mass is 9.88. The van der Waals surface area contributed by atoms with Gasteiger partial charge in [-0.2, -0.15) is 12.7 Å². The molecule has 0 saturated carbocycles. The molecule has 4 fully saturated rings. The molecule has 26 heteroatoms. The first-order valence-electron chi connectivity index (χ1n) is 27.8. The molecule has 4 aliphatic heterocycles. The quantitative estimate of drug-likeness (QED) is 0.0389. The number of carbonyl (C=O) groups excluding carboxylic acids is 5. The third kappa shape index (κ3) is 13.6. The number of esters is 1. The number of alkyl halides is 1. The van der Waals surface area contributed by atoms with E-state index in [0.29, 0.717) is 18.7 Å². The lowest BCUT2D eigenvalue weighted by Gasteiger charge is -2.48. The number of hydrogen-bond donors (Lipinski definition) is 4. The number of hydrogen-bond acceptors (Lipinski definition) is 15. The Kier molecular flexibility index (Phi) is 17.7. The standard InChI is InChI=1S/C59H64F3N11O10S2/c1-34-54(84-33-66-34)37-7-5-35(6-8-37)25-65-57(79)47-24-42(83-50(77)16-15-49(75)76)31-73(47)58(80)55(59(2,3)4)67-48(74)32-69-29-41(30-69)71-21-19-70(20-22-71)40-11-9-36(10-12-40)38-23-43-44(27-64-56(43)63-26-38)53(78)51-45(61)13-14-46(52(51)62)68-85(81,82)72-18-17-39(60)28-72/h5-14,23,26-27,33,39,41-42,47,68H,15-22,24-25,28-32H2,1-4H3,(H,63,64)(H,65,79)(H,75,76)/t39-,42-,47+/m1/s1. The maximum Gasteiger partial charge on any atom is 0.306 e. The zero-order valence-corrected chi connectivity index (χ0v) is 48.8. The number of piperazine rings is 1. The number of aromatic amines is 1. The Morgan fingerprint density at radius 1 is 0.882 bits per heavy atom. The molecule has 3 atom stereocenters. The molecule has 7 heterocycles. The van der Waals surface area contributed by atoms with Crippen LogP contribution in [0.4, 0.5) is 24.5 Å². The van der Waals surface area contributed by atoms with Crippen LogP contribution in [0.5, 0.6) is 0 Å². The number of ether oxygens (including phenoxy) is 1. The zero-order chi connectivity index (χ0) is 60.5. The normalized spacial score (nSPS) is 19.3. The van der Waals surface area contributed by atoms with E-state index in [0.717, 1.165) is 75.6 Å². The van der Waals surface area contributed by atoms with Crippen LogP contribution in [0.25, 0.3) is 32.6 Å². The fourth-order valence-corrected chi connectivity index (χ4v) is 13.1. The van der Waals surface area contributed by atoms with Crippen molar-refractivity contribution in [3.05, 3.63) is 119 Å². The van der Waals surface area contributed by atoms with E-state index in [1.54, 1.807) is 38.5 Å². The highest BCUT2D eigenvalue weighted by Crippen LogP contribution is 2.33. The van der Waals surface area contributed by atoms with Crippen LogP contribution in [0.2, 0.25) is 0 Å². The number of aromatic nitrogens is 3. The first kappa shape index (κ1) is 60.2. The highest BCUT2D eigenvalue weighted by atomic mass is 32.2. The number of aryl methyl sites for hydroxylation is 1. The number of likely N-dealkylation sites (tertiary alicyclic amines) is 2. The van der Waals surface area contributed by atoms with Gasteiger partial charge in [0.05, 0.1) is 53.3 Å². The van der Waals surface area contributed by atoms with Crippen LogP contribution in [-0.4, -0.2) is 178 Å². The molecule has 0 spiro atoms. The number of rotatable bonds is 19. The van der Waals surface area contributed by atoms with Crippen LogP contribution in [-0.2, 0) is 45.5 Å². The number of halogens is 3. The molecule has 85 heavy (non-hydrogen) atoms. The summed E-state index contributed by atoms with van der Waals surface area (Å²) >= 11 is 1.53. The third-order valence-corrected chi connectivity index (χ3v) is 18.2. The number of nitrogens with zero attached hydrogens (tertiary/aromatic N) is 8. The molecular formula is C59H64F3N11O10S2. The van der Waals surface area contributed by atoms with Crippen molar-refractivity contribution in [1.29, 1.82) is 0 Å². The molecule has 4 saturated heterocycles. The minimum atomic E-state index is -4.39. The number of carbonyl (C=O) groups is 6. The van der Waals surface area contributed by atoms with Gasteiger partial charge in [-0.1, -0.05) is 57.2 Å². The molecule has 3 aromatic carbocycles. The van der Waals surface area contributed by atoms with Crippen molar-refractivity contribution in [3.63, 3.8) is 0 Å². The van der Waals surface area contributed by atoms with Gasteiger partial charge in [-0.3, -0.25) is 43.3 Å². The number of carboxylic acid groups (broad SMARTS) is 1. The topological polar surface area (TPSA) is 260 Å². The fourth-order valence-electron chi connectivity index (χ4n) is 11.0. The highest BCUT2D eigenvalue weighted by molar-refractivity contribution is 7.90. The van der Waals surface area contributed by atoms with Crippen molar-refractivity contribution in [3.8, 4) is 21.6 Å². The van der Waals surface area contributed by atoms with Gasteiger partial charge in [0, 0.05) is 111 Å². The summed E-state index contributed by atoms with van der Waals surface area (Å²) in [5.74, 6) is -7.26. The molecular weight excluding hydrogens is 1140 g/mol. The number of aliphatic imine (C=N–C) groups is 1. The minimum Gasteiger partial charge on any atom is -0.481 e. The number of pyridine rings is 1. The molecule has 0 aliphatic carbocycles. The van der Waals surface area contributed by atoms with Crippen LogP contribution in [0, 0.1) is 24.0 Å². The second-order valence-corrected chi connectivity index (χ2v) is 25.2. The number of carboxylic acids is 1. The first-order chi connectivity index (χ1) is 40.5. The van der Waals surface area contributed by atoms with Crippen LogP contribution < -0.4 is 14.9 Å². The van der Waals surface area contributed by atoms with Crippen molar-refractivity contribution < 1.29 is 60.2 Å². The van der Waals surface area contributed by atoms with Crippen molar-refractivity contribution in [2.24, 2.45) is 10.4 Å². The first-order valence-corrected chi connectivity index (χ1v) is 30.2. The van der Waals surface area contributed by atoms with E-state index in [9.17, 15) is 41.6 Å². The van der Waals surface area contributed by atoms with Crippen molar-refractivity contribution in [1.82, 2.24) is 39.3 Å². The van der Waals surface area contributed by atoms with Crippen molar-refractivity contribution >= 4 is 85.1 Å². The summed E-state index contributed by atoms with van der Waals surface area (Å²) in [5.41, 5.74) is 4.44. The second-order valence-electron chi connectivity index (χ2n) is 22.7. The van der Waals surface area contributed by atoms with E-state index < -0.39 is 105 Å². The van der Waals surface area contributed by atoms with Crippen LogP contribution >= 0.6 is 11.3 Å². The van der Waals surface area contributed by atoms with E-state index in [1.807, 2.05) is 65.1 Å². The van der Waals surface area contributed by atoms with Gasteiger partial charge < -0.3 is 29.9 Å². The molecule has 4 N–H and O–H groups in total. The van der Waals surface area contributed by atoms with E-state index in [-0.39, 0.29) is 73.8 Å². The van der Waals surface area contributed by atoms with E-state index >= 15 is 8.78 Å². The molecule has 0 bridgehead atoms. The lowest BCUT2D eigenvalue weighted by Crippen LogP contribution is -2.63. The molecule has 448 valence electrons. The average Bonchev–Trinajstić information content (AvgIpc) is 2.27. The summed E-state index contributed by atoms with van der Waals surface area (Å²) < 4.78 is 79.0. The molecule has 3 amide bonds. The Morgan fingerprint density at radius 3 is 2.26 bits per heavy atom. The predicted octanol–water partition coefficient (Wildman–Crippen LogP) is 6.39.